The Bertz CT molecular complexity index is 1070. The Morgan fingerprint density at radius 2 is 1.78 bits per heavy atom. The summed E-state index contributed by atoms with van der Waals surface area (Å²) in [5.41, 5.74) is -1.09. The summed E-state index contributed by atoms with van der Waals surface area (Å²) < 4.78 is 46.1. The molecule has 0 atom stereocenters. The zero-order valence-corrected chi connectivity index (χ0v) is 21.1. The molecule has 2 saturated heterocycles. The lowest BCUT2D eigenvalue weighted by atomic mass is 9.93. The number of carbonyl (C=O) groups is 2. The van der Waals surface area contributed by atoms with E-state index in [0.29, 0.717) is 31.2 Å². The molecule has 0 unspecified atom stereocenters. The Balaban J connectivity index is 1.36. The second-order valence-electron chi connectivity index (χ2n) is 9.94. The summed E-state index contributed by atoms with van der Waals surface area (Å²) in [4.78, 5) is 36.4. The largest absolute Gasteiger partial charge is 0.437 e. The van der Waals surface area contributed by atoms with Crippen molar-refractivity contribution < 1.29 is 27.2 Å². The second-order valence-corrected chi connectivity index (χ2v) is 9.94. The monoisotopic (exact) mass is 522 g/mol. The maximum atomic E-state index is 13.6. The van der Waals surface area contributed by atoms with Crippen LogP contribution < -0.4 is 20.4 Å². The fraction of sp³-hybridized carbons (Fsp3) is 0.600. The summed E-state index contributed by atoms with van der Waals surface area (Å²) in [6.45, 7) is 6.42. The minimum atomic E-state index is -4.83. The lowest BCUT2D eigenvalue weighted by Crippen LogP contribution is -2.37. The van der Waals surface area contributed by atoms with Gasteiger partial charge in [0.15, 0.2) is 5.69 Å². The van der Waals surface area contributed by atoms with E-state index in [1.54, 1.807) is 17.0 Å². The molecule has 2 amide bonds. The van der Waals surface area contributed by atoms with Gasteiger partial charge in [-0.1, -0.05) is 0 Å². The first-order valence-corrected chi connectivity index (χ1v) is 12.7. The van der Waals surface area contributed by atoms with Crippen LogP contribution in [0.25, 0.3) is 0 Å². The Kier molecular flexibility index (Phi) is 8.23. The molecule has 9 nitrogen and oxygen atoms in total. The highest BCUT2D eigenvalue weighted by Crippen LogP contribution is 2.35. The van der Waals surface area contributed by atoms with E-state index in [0.717, 1.165) is 45.2 Å². The van der Waals surface area contributed by atoms with Crippen LogP contribution >= 0.6 is 0 Å². The number of pyridine rings is 1. The minimum absolute atomic E-state index is 0.0650. The molecule has 0 saturated carbocycles. The summed E-state index contributed by atoms with van der Waals surface area (Å²) in [6, 6.07) is 3.25. The number of anilines is 3. The van der Waals surface area contributed by atoms with Crippen LogP contribution in [0.2, 0.25) is 0 Å². The first-order valence-electron chi connectivity index (χ1n) is 12.7. The Hall–Kier alpha value is -3.31. The maximum absolute atomic E-state index is 13.6. The van der Waals surface area contributed by atoms with Crippen molar-refractivity contribution in [3.05, 3.63) is 29.8 Å². The van der Waals surface area contributed by atoms with E-state index in [9.17, 15) is 22.8 Å². The van der Waals surface area contributed by atoms with E-state index < -0.39 is 23.5 Å². The number of alkyl halides is 3. The van der Waals surface area contributed by atoms with Gasteiger partial charge in [0.05, 0.1) is 11.9 Å². The third-order valence-electron chi connectivity index (χ3n) is 6.59. The van der Waals surface area contributed by atoms with Gasteiger partial charge in [-0.3, -0.25) is 9.59 Å². The van der Waals surface area contributed by atoms with E-state index in [4.69, 9.17) is 4.42 Å². The molecule has 37 heavy (non-hydrogen) atoms. The molecule has 2 aliphatic heterocycles. The fourth-order valence-electron chi connectivity index (χ4n) is 4.72. The van der Waals surface area contributed by atoms with E-state index in [1.807, 2.05) is 13.8 Å². The molecule has 4 heterocycles. The van der Waals surface area contributed by atoms with Crippen LogP contribution in [0.15, 0.2) is 22.7 Å². The Morgan fingerprint density at radius 1 is 1.08 bits per heavy atom. The van der Waals surface area contributed by atoms with Gasteiger partial charge in [-0.2, -0.15) is 18.2 Å². The van der Waals surface area contributed by atoms with Gasteiger partial charge in [-0.25, -0.2) is 4.98 Å². The van der Waals surface area contributed by atoms with E-state index in [-0.39, 0.29) is 23.7 Å². The highest BCUT2D eigenvalue weighted by Gasteiger charge is 2.42. The smallest absolute Gasteiger partial charge is 0.417 e. The molecule has 0 radical (unpaired) electrons. The zero-order chi connectivity index (χ0) is 26.6. The van der Waals surface area contributed by atoms with Crippen LogP contribution in [0.5, 0.6) is 0 Å². The molecule has 2 aromatic heterocycles. The molecule has 0 aromatic carbocycles. The first kappa shape index (κ1) is 26.7. The van der Waals surface area contributed by atoms with Crippen molar-refractivity contribution in [3.63, 3.8) is 0 Å². The molecule has 202 valence electrons. The fourth-order valence-corrected chi connectivity index (χ4v) is 4.72. The van der Waals surface area contributed by atoms with Crippen molar-refractivity contribution in [1.82, 2.24) is 15.3 Å². The van der Waals surface area contributed by atoms with Gasteiger partial charge < -0.3 is 24.9 Å². The van der Waals surface area contributed by atoms with E-state index in [2.05, 4.69) is 25.5 Å². The average Bonchev–Trinajstić information content (AvgIpc) is 3.32. The van der Waals surface area contributed by atoms with Gasteiger partial charge in [0.25, 0.3) is 11.9 Å². The molecular weight excluding hydrogens is 489 g/mol. The lowest BCUT2D eigenvalue weighted by Gasteiger charge is -2.32. The predicted octanol–water partition coefficient (Wildman–Crippen LogP) is 4.46. The second kappa shape index (κ2) is 11.4. The Morgan fingerprint density at radius 3 is 2.38 bits per heavy atom. The van der Waals surface area contributed by atoms with Gasteiger partial charge >= 0.3 is 6.18 Å². The van der Waals surface area contributed by atoms with Crippen molar-refractivity contribution in [2.75, 3.05) is 41.3 Å². The summed E-state index contributed by atoms with van der Waals surface area (Å²) in [7, 11) is 0. The van der Waals surface area contributed by atoms with Crippen molar-refractivity contribution in [3.8, 4) is 0 Å². The van der Waals surface area contributed by atoms with E-state index in [1.165, 1.54) is 6.20 Å². The third-order valence-corrected chi connectivity index (χ3v) is 6.59. The highest BCUT2D eigenvalue weighted by atomic mass is 19.4. The molecule has 0 bridgehead atoms. The Labute approximate surface area is 213 Å². The lowest BCUT2D eigenvalue weighted by molar-refractivity contribution is -0.141. The number of amides is 2. The number of oxazole rings is 1. The van der Waals surface area contributed by atoms with Gasteiger partial charge in [0.1, 0.15) is 5.82 Å². The summed E-state index contributed by atoms with van der Waals surface area (Å²) in [5, 5.41) is 5.37. The standard InChI is InChI=1S/C25H33F3N6O3/c1-16(2)30-20(35)14-17-8-12-33(13-9-17)19-7-6-18(15-29-19)31-23(36)21-22(25(26,27)28)32-24(37-21)34-10-4-3-5-11-34/h6-7,15-17H,3-5,8-14H2,1-2H3,(H,30,35)(H,31,36). The van der Waals surface area contributed by atoms with Crippen LogP contribution in [0.3, 0.4) is 0 Å². The molecule has 2 aromatic rings. The molecule has 2 N–H and O–H groups in total. The summed E-state index contributed by atoms with van der Waals surface area (Å²) in [6.07, 6.45) is 1.45. The maximum Gasteiger partial charge on any atom is 0.437 e. The number of halogens is 3. The molecule has 0 aliphatic carbocycles. The number of nitrogens with zero attached hydrogens (tertiary/aromatic N) is 4. The van der Waals surface area contributed by atoms with Crippen molar-refractivity contribution in [1.29, 1.82) is 0 Å². The number of carbonyl (C=O) groups excluding carboxylic acids is 2. The number of piperidine rings is 2. The SMILES string of the molecule is CC(C)NC(=O)CC1CCN(c2ccc(NC(=O)c3oc(N4CCCCC4)nc3C(F)(F)F)cn2)CC1. The molecule has 2 aliphatic rings. The summed E-state index contributed by atoms with van der Waals surface area (Å²) >= 11 is 0. The number of aromatic nitrogens is 2. The van der Waals surface area contributed by atoms with Crippen LogP contribution in [-0.4, -0.2) is 54.0 Å². The van der Waals surface area contributed by atoms with Gasteiger partial charge in [0, 0.05) is 38.6 Å². The number of hydrogen-bond acceptors (Lipinski definition) is 7. The number of rotatable bonds is 7. The number of nitrogens with one attached hydrogen (secondary N) is 2. The van der Waals surface area contributed by atoms with Crippen LogP contribution in [0, 0.1) is 5.92 Å². The highest BCUT2D eigenvalue weighted by molar-refractivity contribution is 6.03. The molecule has 4 rings (SSSR count). The molecule has 2 fully saturated rings. The van der Waals surface area contributed by atoms with Gasteiger partial charge in [0.2, 0.25) is 11.7 Å². The average molecular weight is 523 g/mol. The summed E-state index contributed by atoms with van der Waals surface area (Å²) in [5.74, 6) is -0.812. The molecular formula is C25H33F3N6O3. The van der Waals surface area contributed by atoms with Crippen molar-refractivity contribution in [2.45, 2.75) is 64.6 Å². The molecule has 12 heteroatoms. The topological polar surface area (TPSA) is 104 Å². The van der Waals surface area contributed by atoms with Crippen LogP contribution in [0.1, 0.15) is 68.6 Å². The normalized spacial score (nSPS) is 17.2. The van der Waals surface area contributed by atoms with Crippen LogP contribution in [0.4, 0.5) is 30.7 Å². The van der Waals surface area contributed by atoms with Gasteiger partial charge in [-0.05, 0) is 64.0 Å². The minimum Gasteiger partial charge on any atom is -0.417 e. The van der Waals surface area contributed by atoms with Crippen molar-refractivity contribution >= 4 is 29.3 Å². The van der Waals surface area contributed by atoms with Gasteiger partial charge in [-0.15, -0.1) is 0 Å². The number of hydrogen-bond donors (Lipinski definition) is 2. The quantitative estimate of drug-likeness (QED) is 0.553. The third kappa shape index (κ3) is 6.92. The van der Waals surface area contributed by atoms with E-state index >= 15 is 0 Å². The predicted molar refractivity (Wildman–Crippen MR) is 133 cm³/mol. The first-order chi connectivity index (χ1) is 17.6. The zero-order valence-electron chi connectivity index (χ0n) is 21.1. The van der Waals surface area contributed by atoms with Crippen molar-refractivity contribution in [2.24, 2.45) is 5.92 Å². The van der Waals surface area contributed by atoms with Crippen LogP contribution in [-0.2, 0) is 11.0 Å². The molecule has 0 spiro atoms.